The summed E-state index contributed by atoms with van der Waals surface area (Å²) in [4.78, 5) is 26.7. The van der Waals surface area contributed by atoms with Gasteiger partial charge in [0.2, 0.25) is 0 Å². The fraction of sp³-hybridized carbons (Fsp3) is 0.280. The lowest BCUT2D eigenvalue weighted by Gasteiger charge is -2.20. The lowest BCUT2D eigenvalue weighted by Crippen LogP contribution is -2.25. The Bertz CT molecular complexity index is 1370. The molecule has 4 rings (SSSR count). The summed E-state index contributed by atoms with van der Waals surface area (Å²) in [6.07, 6.45) is -2.52. The first-order valence-electron chi connectivity index (χ1n) is 11.3. The van der Waals surface area contributed by atoms with Crippen molar-refractivity contribution in [2.75, 3.05) is 23.8 Å². The number of aromatic nitrogens is 1. The molecule has 0 atom stereocenters. The highest BCUT2D eigenvalue weighted by Gasteiger charge is 2.47. The smallest absolute Gasteiger partial charge is 0.420 e. The molecule has 0 aliphatic heterocycles. The quantitative estimate of drug-likeness (QED) is 0.307. The number of H-pyrrole nitrogens is 1. The lowest BCUT2D eigenvalue weighted by atomic mass is 10.1. The summed E-state index contributed by atoms with van der Waals surface area (Å²) in [7, 11) is 0. The normalized spacial score (nSPS) is 14.1. The summed E-state index contributed by atoms with van der Waals surface area (Å²) in [6.45, 7) is 1.57. The number of benzene rings is 2. The number of hydrogen-bond donors (Lipinski definition) is 4. The molecule has 0 bridgehead atoms. The van der Waals surface area contributed by atoms with E-state index in [1.54, 1.807) is 6.92 Å². The van der Waals surface area contributed by atoms with Crippen molar-refractivity contribution in [1.29, 1.82) is 0 Å². The maximum Gasteiger partial charge on any atom is 0.420 e. The SMILES string of the molecule is CCOc1cc(-c2ccc(NC(=O)Nc3ccc(OC4(CO)CC4)c(C(F)(F)F)c3)c(F)c2)c[nH]c1=O. The van der Waals surface area contributed by atoms with Crippen molar-refractivity contribution in [1.82, 2.24) is 4.98 Å². The number of nitrogens with one attached hydrogen (secondary N) is 3. The molecule has 1 fully saturated rings. The van der Waals surface area contributed by atoms with Crippen LogP contribution in [-0.2, 0) is 6.18 Å². The van der Waals surface area contributed by atoms with Crippen molar-refractivity contribution in [2.45, 2.75) is 31.5 Å². The lowest BCUT2D eigenvalue weighted by molar-refractivity contribution is -0.139. The van der Waals surface area contributed by atoms with Crippen LogP contribution in [0.25, 0.3) is 11.1 Å². The van der Waals surface area contributed by atoms with Crippen LogP contribution in [0.4, 0.5) is 33.7 Å². The third-order valence-corrected chi connectivity index (χ3v) is 5.68. The van der Waals surface area contributed by atoms with Crippen LogP contribution in [0.5, 0.6) is 11.5 Å². The summed E-state index contributed by atoms with van der Waals surface area (Å²) in [5, 5.41) is 13.9. The van der Waals surface area contributed by atoms with Crippen molar-refractivity contribution >= 4 is 17.4 Å². The number of carbonyl (C=O) groups excluding carboxylic acids is 1. The third kappa shape index (κ3) is 6.02. The molecule has 1 heterocycles. The first-order valence-corrected chi connectivity index (χ1v) is 11.3. The van der Waals surface area contributed by atoms with Crippen molar-refractivity contribution in [2.24, 2.45) is 0 Å². The van der Waals surface area contributed by atoms with Crippen molar-refractivity contribution in [3.8, 4) is 22.6 Å². The molecule has 2 aromatic carbocycles. The fourth-order valence-corrected chi connectivity index (χ4v) is 3.56. The number of rotatable bonds is 8. The highest BCUT2D eigenvalue weighted by atomic mass is 19.4. The fourth-order valence-electron chi connectivity index (χ4n) is 3.56. The van der Waals surface area contributed by atoms with Crippen LogP contribution in [0, 0.1) is 5.82 Å². The number of aromatic amines is 1. The van der Waals surface area contributed by atoms with Gasteiger partial charge < -0.3 is 30.2 Å². The maximum atomic E-state index is 14.7. The summed E-state index contributed by atoms with van der Waals surface area (Å²) >= 11 is 0. The molecule has 3 aromatic rings. The molecule has 12 heteroatoms. The molecule has 0 unspecified atom stereocenters. The number of pyridine rings is 1. The zero-order chi connectivity index (χ0) is 26.8. The minimum atomic E-state index is -4.78. The van der Waals surface area contributed by atoms with Crippen LogP contribution in [0.2, 0.25) is 0 Å². The molecule has 1 aliphatic carbocycles. The molecule has 196 valence electrons. The third-order valence-electron chi connectivity index (χ3n) is 5.68. The second-order valence-corrected chi connectivity index (χ2v) is 8.44. The second kappa shape index (κ2) is 10.1. The van der Waals surface area contributed by atoms with E-state index < -0.39 is 47.1 Å². The van der Waals surface area contributed by atoms with Gasteiger partial charge in [-0.05, 0) is 61.7 Å². The highest BCUT2D eigenvalue weighted by Crippen LogP contribution is 2.45. The number of urea groups is 1. The first kappa shape index (κ1) is 26.0. The van der Waals surface area contributed by atoms with E-state index in [-0.39, 0.29) is 23.7 Å². The van der Waals surface area contributed by atoms with Crippen LogP contribution in [0.1, 0.15) is 25.3 Å². The predicted octanol–water partition coefficient (Wildman–Crippen LogP) is 5.15. The van der Waals surface area contributed by atoms with Crippen molar-refractivity contribution in [3.63, 3.8) is 0 Å². The Morgan fingerprint density at radius 1 is 1.08 bits per heavy atom. The van der Waals surface area contributed by atoms with E-state index in [0.29, 0.717) is 30.0 Å². The van der Waals surface area contributed by atoms with Crippen LogP contribution < -0.4 is 25.7 Å². The Hall–Kier alpha value is -4.06. The second-order valence-electron chi connectivity index (χ2n) is 8.44. The molecule has 1 saturated carbocycles. The Morgan fingerprint density at radius 2 is 1.84 bits per heavy atom. The van der Waals surface area contributed by atoms with E-state index in [1.165, 1.54) is 30.5 Å². The number of anilines is 2. The number of amides is 2. The number of ether oxygens (including phenoxy) is 2. The monoisotopic (exact) mass is 521 g/mol. The average Bonchev–Trinajstić information content (AvgIpc) is 3.62. The largest absolute Gasteiger partial charge is 0.488 e. The number of carbonyl (C=O) groups is 1. The molecule has 37 heavy (non-hydrogen) atoms. The molecule has 1 aromatic heterocycles. The number of aliphatic hydroxyl groups excluding tert-OH is 1. The molecule has 4 N–H and O–H groups in total. The Balaban J connectivity index is 1.48. The van der Waals surface area contributed by atoms with E-state index in [9.17, 15) is 32.3 Å². The van der Waals surface area contributed by atoms with Gasteiger partial charge in [0.1, 0.15) is 17.2 Å². The molecule has 0 radical (unpaired) electrons. The molecular weight excluding hydrogens is 498 g/mol. The van der Waals surface area contributed by atoms with E-state index in [1.807, 2.05) is 0 Å². The van der Waals surface area contributed by atoms with Gasteiger partial charge in [0, 0.05) is 17.4 Å². The zero-order valence-electron chi connectivity index (χ0n) is 19.5. The van der Waals surface area contributed by atoms with Gasteiger partial charge in [0.25, 0.3) is 5.56 Å². The van der Waals surface area contributed by atoms with E-state index in [0.717, 1.165) is 12.1 Å². The number of halogens is 4. The summed E-state index contributed by atoms with van der Waals surface area (Å²) < 4.78 is 66.1. The van der Waals surface area contributed by atoms with Gasteiger partial charge in [0.05, 0.1) is 24.5 Å². The van der Waals surface area contributed by atoms with Crippen LogP contribution >= 0.6 is 0 Å². The standard InChI is InChI=1S/C25H23F4N3O5/c1-2-36-21-10-15(12-30-22(21)34)14-3-5-19(18(26)9-14)32-23(35)31-16-4-6-20(17(11-16)25(27,28)29)37-24(13-33)7-8-24/h3-6,9-12,33H,2,7-8,13H2,1H3,(H,30,34)(H2,31,32,35). The van der Waals surface area contributed by atoms with Crippen molar-refractivity contribution < 1.29 is 36.9 Å². The molecule has 8 nitrogen and oxygen atoms in total. The van der Waals surface area contributed by atoms with Crippen LogP contribution in [0.3, 0.4) is 0 Å². The van der Waals surface area contributed by atoms with Gasteiger partial charge in [-0.2, -0.15) is 13.2 Å². The molecular formula is C25H23F4N3O5. The molecule has 2 amide bonds. The minimum absolute atomic E-state index is 0.0697. The van der Waals surface area contributed by atoms with Gasteiger partial charge in [-0.1, -0.05) is 6.07 Å². The zero-order valence-corrected chi connectivity index (χ0v) is 19.5. The first-order chi connectivity index (χ1) is 17.5. The van der Waals surface area contributed by atoms with Gasteiger partial charge in [0.15, 0.2) is 5.75 Å². The molecule has 0 saturated heterocycles. The predicted molar refractivity (Wildman–Crippen MR) is 127 cm³/mol. The Morgan fingerprint density at radius 3 is 2.46 bits per heavy atom. The van der Waals surface area contributed by atoms with E-state index in [2.05, 4.69) is 15.6 Å². The van der Waals surface area contributed by atoms with Gasteiger partial charge in [-0.3, -0.25) is 4.79 Å². The van der Waals surface area contributed by atoms with E-state index in [4.69, 9.17) is 9.47 Å². The van der Waals surface area contributed by atoms with Gasteiger partial charge in [-0.15, -0.1) is 0 Å². The minimum Gasteiger partial charge on any atom is -0.488 e. The number of alkyl halides is 3. The van der Waals surface area contributed by atoms with Crippen molar-refractivity contribution in [3.05, 3.63) is 70.4 Å². The van der Waals surface area contributed by atoms with Crippen LogP contribution in [0.15, 0.2) is 53.5 Å². The average molecular weight is 521 g/mol. The summed E-state index contributed by atoms with van der Waals surface area (Å²) in [6, 6.07) is 7.35. The van der Waals surface area contributed by atoms with Gasteiger partial charge >= 0.3 is 12.2 Å². The number of hydrogen-bond acceptors (Lipinski definition) is 5. The van der Waals surface area contributed by atoms with Crippen LogP contribution in [-0.4, -0.2) is 34.9 Å². The molecule has 0 spiro atoms. The topological polar surface area (TPSA) is 113 Å². The van der Waals surface area contributed by atoms with E-state index >= 15 is 0 Å². The summed E-state index contributed by atoms with van der Waals surface area (Å²) in [5.41, 5.74) is -2.13. The molecule has 1 aliphatic rings. The summed E-state index contributed by atoms with van der Waals surface area (Å²) in [5.74, 6) is -1.20. The Labute approximate surface area is 208 Å². The number of aliphatic hydroxyl groups is 1. The highest BCUT2D eigenvalue weighted by molar-refractivity contribution is 6.00. The Kier molecular flexibility index (Phi) is 7.12. The van der Waals surface area contributed by atoms with Gasteiger partial charge in [-0.25, -0.2) is 9.18 Å². The maximum absolute atomic E-state index is 14.7.